The largest absolute Gasteiger partial charge is 0.476 e. The molecule has 244 valence electrons. The summed E-state index contributed by atoms with van der Waals surface area (Å²) in [7, 11) is 0. The summed E-state index contributed by atoms with van der Waals surface area (Å²) in [5, 5.41) is 17.6. The summed E-state index contributed by atoms with van der Waals surface area (Å²) in [5.41, 5.74) is 4.83. The van der Waals surface area contributed by atoms with E-state index in [2.05, 4.69) is 15.5 Å². The number of aldehydes is 1. The highest BCUT2D eigenvalue weighted by Crippen LogP contribution is 2.33. The molecule has 2 unspecified atom stereocenters. The number of aryl methyl sites for hydroxylation is 1. The average Bonchev–Trinajstić information content (AvgIpc) is 3.76. The van der Waals surface area contributed by atoms with E-state index in [0.29, 0.717) is 24.7 Å². The molecule has 2 amide bonds. The molecule has 45 heavy (non-hydrogen) atoms. The van der Waals surface area contributed by atoms with Gasteiger partial charge in [0, 0.05) is 25.5 Å². The first-order valence-electron chi connectivity index (χ1n) is 16.0. The molecular weight excluding hydrogens is 592 g/mol. The lowest BCUT2D eigenvalue weighted by Crippen LogP contribution is -2.48. The van der Waals surface area contributed by atoms with Gasteiger partial charge in [0.05, 0.1) is 34.8 Å². The fourth-order valence-corrected chi connectivity index (χ4v) is 6.63. The van der Waals surface area contributed by atoms with Gasteiger partial charge in [0.15, 0.2) is 5.76 Å². The topological polar surface area (TPSA) is 135 Å². The van der Waals surface area contributed by atoms with Gasteiger partial charge in [-0.1, -0.05) is 63.8 Å². The number of rotatable bonds is 17. The van der Waals surface area contributed by atoms with Crippen LogP contribution in [-0.4, -0.2) is 63.5 Å². The number of nitrogens with one attached hydrogen (secondary N) is 1. The highest BCUT2D eigenvalue weighted by atomic mass is 32.1. The molecule has 10 nitrogen and oxygen atoms in total. The number of likely N-dealkylation sites (tertiary alicyclic amines) is 1. The minimum absolute atomic E-state index is 0.0735. The van der Waals surface area contributed by atoms with Gasteiger partial charge >= 0.3 is 0 Å². The zero-order chi connectivity index (χ0) is 32.3. The van der Waals surface area contributed by atoms with Crippen LogP contribution < -0.4 is 10.1 Å². The Morgan fingerprint density at radius 2 is 1.84 bits per heavy atom. The molecule has 4 atom stereocenters. The Balaban J connectivity index is 1.33. The number of ether oxygens (including phenoxy) is 1. The Labute approximate surface area is 269 Å². The lowest BCUT2D eigenvalue weighted by Gasteiger charge is -2.29. The van der Waals surface area contributed by atoms with Crippen molar-refractivity contribution in [1.29, 1.82) is 0 Å². The van der Waals surface area contributed by atoms with E-state index < -0.39 is 18.1 Å². The summed E-state index contributed by atoms with van der Waals surface area (Å²) in [6, 6.07) is 8.59. The molecule has 1 aliphatic heterocycles. The van der Waals surface area contributed by atoms with Crippen LogP contribution in [0.1, 0.15) is 101 Å². The Morgan fingerprint density at radius 3 is 2.51 bits per heavy atom. The molecule has 0 bridgehead atoms. The SMILES string of the molecule is Cc1ncsc1-c1ccc(C(C)NC(=O)[C@@H]2C[C@@H](O)CN2C(=O)C(c2cc(OCCCCCCCCC=O)no2)C(C)C)cc1. The highest BCUT2D eigenvalue weighted by Gasteiger charge is 2.43. The molecule has 11 heteroatoms. The van der Waals surface area contributed by atoms with Gasteiger partial charge in [0.25, 0.3) is 5.88 Å². The molecule has 3 heterocycles. The van der Waals surface area contributed by atoms with E-state index in [0.717, 1.165) is 66.5 Å². The van der Waals surface area contributed by atoms with Crippen molar-refractivity contribution in [2.45, 2.75) is 103 Å². The zero-order valence-corrected chi connectivity index (χ0v) is 27.6. The Morgan fingerprint density at radius 1 is 1.13 bits per heavy atom. The zero-order valence-electron chi connectivity index (χ0n) is 26.7. The summed E-state index contributed by atoms with van der Waals surface area (Å²) in [6.07, 6.45) is 7.07. The van der Waals surface area contributed by atoms with Crippen molar-refractivity contribution < 1.29 is 28.8 Å². The third-order valence-electron chi connectivity index (χ3n) is 8.35. The molecule has 0 spiro atoms. The number of carbonyl (C=O) groups is 3. The second kappa shape index (κ2) is 16.7. The number of benzene rings is 1. The fraction of sp³-hybridized carbons (Fsp3) is 0.559. The second-order valence-corrected chi connectivity index (χ2v) is 13.1. The van der Waals surface area contributed by atoms with Crippen LogP contribution in [0, 0.1) is 12.8 Å². The van der Waals surface area contributed by atoms with Gasteiger partial charge in [-0.05, 0) is 48.9 Å². The number of aliphatic hydroxyl groups excluding tert-OH is 1. The van der Waals surface area contributed by atoms with Crippen LogP contribution in [0.3, 0.4) is 0 Å². The maximum Gasteiger partial charge on any atom is 0.254 e. The molecule has 2 aromatic heterocycles. The molecule has 0 aliphatic carbocycles. The molecule has 1 aromatic carbocycles. The first-order chi connectivity index (χ1) is 21.7. The van der Waals surface area contributed by atoms with E-state index >= 15 is 0 Å². The van der Waals surface area contributed by atoms with Gasteiger partial charge < -0.3 is 29.4 Å². The third-order valence-corrected chi connectivity index (χ3v) is 9.33. The maximum absolute atomic E-state index is 13.9. The van der Waals surface area contributed by atoms with Gasteiger partial charge in [-0.15, -0.1) is 11.3 Å². The van der Waals surface area contributed by atoms with Gasteiger partial charge in [-0.25, -0.2) is 4.98 Å². The summed E-state index contributed by atoms with van der Waals surface area (Å²) in [6.45, 7) is 8.29. The number of β-amino-alcohol motifs (C(OH)–C–C–N with tert-alkyl or cyclic N) is 1. The number of carbonyl (C=O) groups excluding carboxylic acids is 3. The van der Waals surface area contributed by atoms with Crippen molar-refractivity contribution in [3.63, 3.8) is 0 Å². The normalized spacial score (nSPS) is 17.8. The van der Waals surface area contributed by atoms with Crippen molar-refractivity contribution in [2.75, 3.05) is 13.2 Å². The number of amides is 2. The minimum Gasteiger partial charge on any atom is -0.476 e. The first kappa shape index (κ1) is 34.3. The van der Waals surface area contributed by atoms with Crippen LogP contribution in [0.25, 0.3) is 10.4 Å². The van der Waals surface area contributed by atoms with E-state index in [9.17, 15) is 19.5 Å². The average molecular weight is 639 g/mol. The van der Waals surface area contributed by atoms with Gasteiger partial charge in [-0.2, -0.15) is 0 Å². The predicted molar refractivity (Wildman–Crippen MR) is 173 cm³/mol. The van der Waals surface area contributed by atoms with Crippen LogP contribution in [0.2, 0.25) is 0 Å². The van der Waals surface area contributed by atoms with Gasteiger partial charge in [-0.3, -0.25) is 9.59 Å². The van der Waals surface area contributed by atoms with Crippen molar-refractivity contribution >= 4 is 29.4 Å². The van der Waals surface area contributed by atoms with Crippen LogP contribution in [-0.2, 0) is 14.4 Å². The molecule has 1 aliphatic rings. The first-order valence-corrected chi connectivity index (χ1v) is 16.9. The monoisotopic (exact) mass is 638 g/mol. The minimum atomic E-state index is -0.799. The van der Waals surface area contributed by atoms with Crippen LogP contribution >= 0.6 is 11.3 Å². The molecule has 0 saturated carbocycles. The molecular formula is C34H46N4O6S. The maximum atomic E-state index is 13.9. The summed E-state index contributed by atoms with van der Waals surface area (Å²) < 4.78 is 11.4. The molecule has 2 N–H and O–H groups in total. The number of aromatic nitrogens is 2. The lowest BCUT2D eigenvalue weighted by atomic mass is 9.91. The Kier molecular flexibility index (Phi) is 12.7. The van der Waals surface area contributed by atoms with E-state index in [4.69, 9.17) is 9.26 Å². The van der Waals surface area contributed by atoms with Gasteiger partial charge in [0.1, 0.15) is 18.2 Å². The van der Waals surface area contributed by atoms with Crippen molar-refractivity contribution in [2.24, 2.45) is 5.92 Å². The fourth-order valence-electron chi connectivity index (χ4n) is 5.82. The summed E-state index contributed by atoms with van der Waals surface area (Å²) in [5.74, 6) is -0.694. The number of aliphatic hydroxyl groups is 1. The Bertz CT molecular complexity index is 1390. The van der Waals surface area contributed by atoms with Crippen molar-refractivity contribution in [3.05, 3.63) is 52.9 Å². The van der Waals surface area contributed by atoms with E-state index in [-0.39, 0.29) is 36.7 Å². The van der Waals surface area contributed by atoms with Crippen LogP contribution in [0.4, 0.5) is 0 Å². The van der Waals surface area contributed by atoms with Crippen LogP contribution in [0.5, 0.6) is 5.88 Å². The molecule has 4 rings (SSSR count). The van der Waals surface area contributed by atoms with Crippen molar-refractivity contribution in [1.82, 2.24) is 20.4 Å². The predicted octanol–water partition coefficient (Wildman–Crippen LogP) is 5.99. The van der Waals surface area contributed by atoms with Crippen molar-refractivity contribution in [3.8, 4) is 16.3 Å². The van der Waals surface area contributed by atoms with Gasteiger partial charge in [0.2, 0.25) is 11.8 Å². The quantitative estimate of drug-likeness (QED) is 0.136. The number of nitrogens with zero attached hydrogens (tertiary/aromatic N) is 3. The molecule has 1 saturated heterocycles. The lowest BCUT2D eigenvalue weighted by molar-refractivity contribution is -0.141. The number of hydrogen-bond donors (Lipinski definition) is 2. The smallest absolute Gasteiger partial charge is 0.254 e. The summed E-state index contributed by atoms with van der Waals surface area (Å²) in [4.78, 5) is 44.7. The number of unbranched alkanes of at least 4 members (excludes halogenated alkanes) is 6. The third kappa shape index (κ3) is 9.23. The Hall–Kier alpha value is -3.57. The highest BCUT2D eigenvalue weighted by molar-refractivity contribution is 7.13. The van der Waals surface area contributed by atoms with E-state index in [1.54, 1.807) is 17.4 Å². The van der Waals surface area contributed by atoms with E-state index in [1.807, 2.05) is 57.5 Å². The second-order valence-electron chi connectivity index (χ2n) is 12.2. The standard InChI is InChI=1S/C34H46N4O6S/c1-22(2)31(29-19-30(37-44-29)43-17-11-9-7-5-6-8-10-16-39)34(42)38-20-27(40)18-28(38)33(41)36-23(3)25-12-14-26(15-13-25)32-24(4)35-21-45-32/h12-16,19,21-23,27-28,31,40H,5-11,17-18,20H2,1-4H3,(H,36,41)/t23?,27-,28+,31?/m1/s1. The summed E-state index contributed by atoms with van der Waals surface area (Å²) >= 11 is 1.59. The van der Waals surface area contributed by atoms with Crippen LogP contribution in [0.15, 0.2) is 40.4 Å². The van der Waals surface area contributed by atoms with E-state index in [1.165, 1.54) is 4.90 Å². The number of hydrogen-bond acceptors (Lipinski definition) is 9. The molecule has 3 aromatic rings. The molecule has 1 fully saturated rings. The number of thiazole rings is 1. The molecule has 0 radical (unpaired) electrons.